The van der Waals surface area contributed by atoms with Crippen molar-refractivity contribution in [2.75, 3.05) is 18.6 Å². The van der Waals surface area contributed by atoms with Crippen molar-refractivity contribution in [2.24, 2.45) is 11.8 Å². The molecular weight excluding hydrogens is 280 g/mol. The lowest BCUT2D eigenvalue weighted by molar-refractivity contribution is 0.0585. The Morgan fingerprint density at radius 3 is 2.65 bits per heavy atom. The highest BCUT2D eigenvalue weighted by molar-refractivity contribution is 7.89. The van der Waals surface area contributed by atoms with E-state index in [1.54, 1.807) is 0 Å². The van der Waals surface area contributed by atoms with Gasteiger partial charge in [0.2, 0.25) is 10.0 Å². The van der Waals surface area contributed by atoms with Crippen molar-refractivity contribution in [3.63, 3.8) is 0 Å². The minimum atomic E-state index is -3.56. The number of nitrogens with two attached hydrogens (primary N) is 1. The second kappa shape index (κ2) is 6.49. The summed E-state index contributed by atoms with van der Waals surface area (Å²) in [6, 6.07) is 2.87. The van der Waals surface area contributed by atoms with Crippen LogP contribution in [-0.4, -0.2) is 32.7 Å². The van der Waals surface area contributed by atoms with E-state index in [2.05, 4.69) is 15.1 Å². The van der Waals surface area contributed by atoms with Crippen LogP contribution < -0.4 is 16.0 Å². The number of hydrogen-bond acceptors (Lipinski definition) is 6. The molecule has 1 aromatic rings. The summed E-state index contributed by atoms with van der Waals surface area (Å²) >= 11 is 0. The van der Waals surface area contributed by atoms with Crippen molar-refractivity contribution >= 4 is 15.8 Å². The quantitative estimate of drug-likeness (QED) is 0.539. The van der Waals surface area contributed by atoms with Crippen molar-refractivity contribution < 1.29 is 13.2 Å². The van der Waals surface area contributed by atoms with E-state index in [4.69, 9.17) is 10.6 Å². The summed E-state index contributed by atoms with van der Waals surface area (Å²) < 4.78 is 32.5. The van der Waals surface area contributed by atoms with E-state index in [0.29, 0.717) is 24.9 Å². The first-order valence-electron chi connectivity index (χ1n) is 6.55. The Morgan fingerprint density at radius 2 is 2.10 bits per heavy atom. The van der Waals surface area contributed by atoms with E-state index >= 15 is 0 Å². The van der Waals surface area contributed by atoms with Crippen LogP contribution in [0.2, 0.25) is 0 Å². The first-order chi connectivity index (χ1) is 9.53. The molecular formula is C12H20N4O3S. The zero-order valence-electron chi connectivity index (χ0n) is 11.4. The van der Waals surface area contributed by atoms with Crippen molar-refractivity contribution in [2.45, 2.75) is 30.7 Å². The van der Waals surface area contributed by atoms with Crippen molar-refractivity contribution in [3.05, 3.63) is 18.3 Å². The van der Waals surface area contributed by atoms with Crippen molar-refractivity contribution in [1.29, 1.82) is 0 Å². The molecule has 1 atom stereocenters. The smallest absolute Gasteiger partial charge is 0.242 e. The monoisotopic (exact) mass is 300 g/mol. The average Bonchev–Trinajstić information content (AvgIpc) is 2.48. The molecule has 1 aromatic heterocycles. The third-order valence-corrected chi connectivity index (χ3v) is 5.05. The summed E-state index contributed by atoms with van der Waals surface area (Å²) in [6.07, 6.45) is 3.03. The summed E-state index contributed by atoms with van der Waals surface area (Å²) in [6.45, 7) is 3.26. The summed E-state index contributed by atoms with van der Waals surface area (Å²) in [4.78, 5) is 4.04. The molecule has 20 heavy (non-hydrogen) atoms. The molecule has 112 valence electrons. The van der Waals surface area contributed by atoms with Crippen molar-refractivity contribution in [3.8, 4) is 0 Å². The standard InChI is InChI=1S/C12H20N4O3S/c1-9(10-4-6-19-7-5-10)16-20(17,18)11-2-3-12(15-13)14-8-11/h2-3,8-10,16H,4-7,13H2,1H3,(H,14,15). The first-order valence-corrected chi connectivity index (χ1v) is 8.04. The van der Waals surface area contributed by atoms with E-state index in [1.807, 2.05) is 6.92 Å². The topological polar surface area (TPSA) is 106 Å². The number of aromatic nitrogens is 1. The van der Waals surface area contributed by atoms with Gasteiger partial charge in [-0.15, -0.1) is 0 Å². The third kappa shape index (κ3) is 3.66. The van der Waals surface area contributed by atoms with Gasteiger partial charge in [0.1, 0.15) is 10.7 Å². The molecule has 8 heteroatoms. The van der Waals surface area contributed by atoms with Crippen LogP contribution in [0.25, 0.3) is 0 Å². The van der Waals surface area contributed by atoms with Gasteiger partial charge in [0.05, 0.1) is 0 Å². The second-order valence-electron chi connectivity index (χ2n) is 4.88. The molecule has 7 nitrogen and oxygen atoms in total. The molecule has 0 radical (unpaired) electrons. The number of sulfonamides is 1. The molecule has 1 unspecified atom stereocenters. The number of nitrogens with zero attached hydrogens (tertiary/aromatic N) is 1. The minimum Gasteiger partial charge on any atom is -0.381 e. The Labute approximate surface area is 118 Å². The lowest BCUT2D eigenvalue weighted by Crippen LogP contribution is -2.40. The normalized spacial score (nSPS) is 18.7. The summed E-state index contributed by atoms with van der Waals surface area (Å²) in [5.74, 6) is 5.92. The largest absolute Gasteiger partial charge is 0.381 e. The van der Waals surface area contributed by atoms with E-state index in [-0.39, 0.29) is 10.9 Å². The van der Waals surface area contributed by atoms with Crippen LogP contribution in [0, 0.1) is 5.92 Å². The fourth-order valence-corrected chi connectivity index (χ4v) is 3.51. The molecule has 2 heterocycles. The van der Waals surface area contributed by atoms with E-state index < -0.39 is 10.0 Å². The van der Waals surface area contributed by atoms with E-state index in [0.717, 1.165) is 12.8 Å². The van der Waals surface area contributed by atoms with Gasteiger partial charge < -0.3 is 10.2 Å². The highest BCUT2D eigenvalue weighted by atomic mass is 32.2. The lowest BCUT2D eigenvalue weighted by atomic mass is 9.94. The van der Waals surface area contributed by atoms with Gasteiger partial charge in [-0.2, -0.15) is 0 Å². The second-order valence-corrected chi connectivity index (χ2v) is 6.60. The zero-order chi connectivity index (χ0) is 14.6. The zero-order valence-corrected chi connectivity index (χ0v) is 12.2. The Morgan fingerprint density at radius 1 is 1.40 bits per heavy atom. The van der Waals surface area contributed by atoms with Gasteiger partial charge in [-0.25, -0.2) is 24.0 Å². The number of hydrazine groups is 1. The molecule has 1 saturated heterocycles. The van der Waals surface area contributed by atoms with Gasteiger partial charge >= 0.3 is 0 Å². The third-order valence-electron chi connectivity index (χ3n) is 3.51. The molecule has 0 saturated carbocycles. The number of nitrogens with one attached hydrogen (secondary N) is 2. The maximum absolute atomic E-state index is 12.3. The molecule has 0 amide bonds. The SMILES string of the molecule is CC(NS(=O)(=O)c1ccc(NN)nc1)C1CCOCC1. The lowest BCUT2D eigenvalue weighted by Gasteiger charge is -2.28. The molecule has 2 rings (SSSR count). The molecule has 0 bridgehead atoms. The number of anilines is 1. The number of nitrogen functional groups attached to an aromatic ring is 1. The Kier molecular flexibility index (Phi) is 4.92. The number of ether oxygens (including phenoxy) is 1. The van der Waals surface area contributed by atoms with Gasteiger partial charge in [0.25, 0.3) is 0 Å². The van der Waals surface area contributed by atoms with E-state index in [9.17, 15) is 8.42 Å². The van der Waals surface area contributed by atoms with E-state index in [1.165, 1.54) is 18.3 Å². The average molecular weight is 300 g/mol. The summed E-state index contributed by atoms with van der Waals surface area (Å²) in [7, 11) is -3.56. The molecule has 0 aromatic carbocycles. The van der Waals surface area contributed by atoms with Crippen molar-refractivity contribution in [1.82, 2.24) is 9.71 Å². The first kappa shape index (κ1) is 15.2. The Hall–Kier alpha value is -1.22. The van der Waals surface area contributed by atoms with Gasteiger partial charge in [-0.1, -0.05) is 0 Å². The molecule has 1 aliphatic heterocycles. The Bertz CT molecular complexity index is 526. The van der Waals surface area contributed by atoms with Crippen LogP contribution in [0.15, 0.2) is 23.2 Å². The van der Waals surface area contributed by atoms with Crippen LogP contribution in [-0.2, 0) is 14.8 Å². The number of pyridine rings is 1. The fourth-order valence-electron chi connectivity index (χ4n) is 2.25. The van der Waals surface area contributed by atoms with Gasteiger partial charge in [0.15, 0.2) is 0 Å². The predicted octanol–water partition coefficient (Wildman–Crippen LogP) is 0.461. The maximum Gasteiger partial charge on any atom is 0.242 e. The van der Waals surface area contributed by atoms with Crippen LogP contribution in [0.4, 0.5) is 5.82 Å². The summed E-state index contributed by atoms with van der Waals surface area (Å²) in [5, 5.41) is 0. The summed E-state index contributed by atoms with van der Waals surface area (Å²) in [5.41, 5.74) is 2.36. The highest BCUT2D eigenvalue weighted by Gasteiger charge is 2.25. The maximum atomic E-state index is 12.3. The highest BCUT2D eigenvalue weighted by Crippen LogP contribution is 2.20. The van der Waals surface area contributed by atoms with Gasteiger partial charge in [0, 0.05) is 25.5 Å². The number of rotatable bonds is 5. The van der Waals surface area contributed by atoms with Gasteiger partial charge in [-0.05, 0) is 37.8 Å². The Balaban J connectivity index is 2.05. The number of hydrogen-bond donors (Lipinski definition) is 3. The fraction of sp³-hybridized carbons (Fsp3) is 0.583. The van der Waals surface area contributed by atoms with Crippen LogP contribution in [0.3, 0.4) is 0 Å². The minimum absolute atomic E-state index is 0.129. The van der Waals surface area contributed by atoms with Crippen LogP contribution in [0.1, 0.15) is 19.8 Å². The molecule has 0 spiro atoms. The van der Waals surface area contributed by atoms with Crippen LogP contribution >= 0.6 is 0 Å². The predicted molar refractivity (Wildman–Crippen MR) is 75.4 cm³/mol. The van der Waals surface area contributed by atoms with Crippen LogP contribution in [0.5, 0.6) is 0 Å². The molecule has 1 fully saturated rings. The molecule has 1 aliphatic rings. The van der Waals surface area contributed by atoms with Gasteiger partial charge in [-0.3, -0.25) is 0 Å². The molecule has 4 N–H and O–H groups in total. The molecule has 0 aliphatic carbocycles.